The van der Waals surface area contributed by atoms with E-state index in [1.807, 2.05) is 41.8 Å². The van der Waals surface area contributed by atoms with E-state index in [0.717, 1.165) is 16.6 Å². The first kappa shape index (κ1) is 17.9. The van der Waals surface area contributed by atoms with Gasteiger partial charge < -0.3 is 9.47 Å². The van der Waals surface area contributed by atoms with Gasteiger partial charge in [-0.3, -0.25) is 14.9 Å². The molecule has 0 saturated heterocycles. The molecule has 26 heavy (non-hydrogen) atoms. The number of likely N-dealkylation sites (N-methyl/N-ethyl adjacent to an activating group) is 1. The van der Waals surface area contributed by atoms with E-state index in [0.29, 0.717) is 10.6 Å². The maximum absolute atomic E-state index is 12.7. The molecular weight excluding hydrogens is 354 g/mol. The van der Waals surface area contributed by atoms with Crippen molar-refractivity contribution in [2.24, 2.45) is 0 Å². The summed E-state index contributed by atoms with van der Waals surface area (Å²) in [6, 6.07) is 14.2. The first-order chi connectivity index (χ1) is 12.4. The molecule has 1 aromatic heterocycles. The van der Waals surface area contributed by atoms with Crippen LogP contribution in [0, 0.1) is 17.0 Å². The summed E-state index contributed by atoms with van der Waals surface area (Å²) in [5.41, 5.74) is 2.50. The van der Waals surface area contributed by atoms with Crippen LogP contribution in [0.15, 0.2) is 48.5 Å². The zero-order chi connectivity index (χ0) is 18.8. The van der Waals surface area contributed by atoms with Crippen molar-refractivity contribution in [3.8, 4) is 0 Å². The van der Waals surface area contributed by atoms with E-state index in [9.17, 15) is 14.9 Å². The topological polar surface area (TPSA) is 68.4 Å². The summed E-state index contributed by atoms with van der Waals surface area (Å²) in [5.74, 6) is -0.1000. The molecule has 1 heterocycles. The minimum Gasteiger partial charge on any atom is -0.340 e. The Labute approximate surface area is 155 Å². The van der Waals surface area contributed by atoms with Gasteiger partial charge >= 0.3 is 0 Å². The summed E-state index contributed by atoms with van der Waals surface area (Å²) in [4.78, 5) is 24.7. The Morgan fingerprint density at radius 3 is 2.69 bits per heavy atom. The van der Waals surface area contributed by atoms with Gasteiger partial charge in [0.2, 0.25) is 5.91 Å². The number of aromatic nitrogens is 1. The number of halogens is 1. The van der Waals surface area contributed by atoms with Crippen LogP contribution in [0.5, 0.6) is 0 Å². The van der Waals surface area contributed by atoms with Crippen molar-refractivity contribution < 1.29 is 9.72 Å². The summed E-state index contributed by atoms with van der Waals surface area (Å²) >= 11 is 6.13. The summed E-state index contributed by atoms with van der Waals surface area (Å²) in [6.07, 6.45) is 0. The number of nitro groups is 1. The lowest BCUT2D eigenvalue weighted by molar-refractivity contribution is -0.384. The fourth-order valence-electron chi connectivity index (χ4n) is 2.95. The third kappa shape index (κ3) is 3.55. The van der Waals surface area contributed by atoms with Crippen molar-refractivity contribution >= 4 is 34.1 Å². The van der Waals surface area contributed by atoms with Gasteiger partial charge in [-0.1, -0.05) is 29.8 Å². The molecule has 7 heteroatoms. The molecular formula is C19H18ClN3O3. The zero-order valence-electron chi connectivity index (χ0n) is 14.5. The van der Waals surface area contributed by atoms with Crippen LogP contribution < -0.4 is 0 Å². The summed E-state index contributed by atoms with van der Waals surface area (Å²) < 4.78 is 1.96. The molecule has 2 aromatic carbocycles. The van der Waals surface area contributed by atoms with Crippen LogP contribution in [0.3, 0.4) is 0 Å². The SMILES string of the molecule is Cc1cc2ccccc2n1CC(=O)N(C)Cc1cc([N+](=O)[O-])ccc1Cl. The largest absolute Gasteiger partial charge is 0.340 e. The van der Waals surface area contributed by atoms with Crippen LogP contribution in [0.2, 0.25) is 5.02 Å². The third-order valence-electron chi connectivity index (χ3n) is 4.38. The Balaban J connectivity index is 1.79. The molecule has 0 atom stereocenters. The number of carbonyl (C=O) groups excluding carboxylic acids is 1. The van der Waals surface area contributed by atoms with Gasteiger partial charge in [0.15, 0.2) is 0 Å². The fourth-order valence-corrected chi connectivity index (χ4v) is 3.13. The number of non-ortho nitro benzene ring substituents is 1. The normalized spacial score (nSPS) is 10.9. The van der Waals surface area contributed by atoms with Crippen molar-refractivity contribution in [1.82, 2.24) is 9.47 Å². The number of amides is 1. The van der Waals surface area contributed by atoms with Crippen LogP contribution in [0.4, 0.5) is 5.69 Å². The lowest BCUT2D eigenvalue weighted by Gasteiger charge is -2.19. The number of para-hydroxylation sites is 1. The molecule has 0 aliphatic carbocycles. The second-order valence-electron chi connectivity index (χ2n) is 6.21. The van der Waals surface area contributed by atoms with E-state index in [1.54, 1.807) is 7.05 Å². The van der Waals surface area contributed by atoms with Crippen LogP contribution in [-0.2, 0) is 17.9 Å². The van der Waals surface area contributed by atoms with Gasteiger partial charge in [0.25, 0.3) is 5.69 Å². The van der Waals surface area contributed by atoms with E-state index < -0.39 is 4.92 Å². The van der Waals surface area contributed by atoms with Crippen molar-refractivity contribution in [2.75, 3.05) is 7.05 Å². The van der Waals surface area contributed by atoms with Gasteiger partial charge in [-0.25, -0.2) is 0 Å². The molecule has 134 valence electrons. The van der Waals surface area contributed by atoms with Gasteiger partial charge in [-0.05, 0) is 36.1 Å². The minimum absolute atomic E-state index is 0.0440. The number of fused-ring (bicyclic) bond motifs is 1. The van der Waals surface area contributed by atoms with Gasteiger partial charge in [0, 0.05) is 42.0 Å². The number of hydrogen-bond acceptors (Lipinski definition) is 3. The molecule has 3 rings (SSSR count). The standard InChI is InChI=1S/C19H18ClN3O3/c1-13-9-14-5-3-4-6-18(14)22(13)12-19(24)21(2)11-15-10-16(23(25)26)7-8-17(15)20/h3-10H,11-12H2,1-2H3. The van der Waals surface area contributed by atoms with Crippen LogP contribution >= 0.6 is 11.6 Å². The molecule has 6 nitrogen and oxygen atoms in total. The highest BCUT2D eigenvalue weighted by molar-refractivity contribution is 6.31. The average molecular weight is 372 g/mol. The van der Waals surface area contributed by atoms with E-state index in [1.165, 1.54) is 23.1 Å². The Bertz CT molecular complexity index is 997. The Morgan fingerprint density at radius 1 is 1.23 bits per heavy atom. The number of rotatable bonds is 5. The second-order valence-corrected chi connectivity index (χ2v) is 6.62. The zero-order valence-corrected chi connectivity index (χ0v) is 15.2. The first-order valence-electron chi connectivity index (χ1n) is 8.08. The van der Waals surface area contributed by atoms with Crippen molar-refractivity contribution in [2.45, 2.75) is 20.0 Å². The summed E-state index contributed by atoms with van der Waals surface area (Å²) in [5, 5.41) is 12.4. The highest BCUT2D eigenvalue weighted by Gasteiger charge is 2.16. The maximum atomic E-state index is 12.7. The predicted octanol–water partition coefficient (Wildman–Crippen LogP) is 4.17. The summed E-state index contributed by atoms with van der Waals surface area (Å²) in [6.45, 7) is 2.37. The van der Waals surface area contributed by atoms with Crippen molar-refractivity contribution in [3.05, 3.63) is 74.9 Å². The third-order valence-corrected chi connectivity index (χ3v) is 4.75. The summed E-state index contributed by atoms with van der Waals surface area (Å²) in [7, 11) is 1.67. The molecule has 1 amide bonds. The Hall–Kier alpha value is -2.86. The highest BCUT2D eigenvalue weighted by Crippen LogP contribution is 2.24. The van der Waals surface area contributed by atoms with Crippen molar-refractivity contribution in [3.63, 3.8) is 0 Å². The first-order valence-corrected chi connectivity index (χ1v) is 8.46. The van der Waals surface area contributed by atoms with Crippen LogP contribution in [-0.4, -0.2) is 27.3 Å². The molecule has 0 N–H and O–H groups in total. The van der Waals surface area contributed by atoms with Gasteiger partial charge in [-0.2, -0.15) is 0 Å². The minimum atomic E-state index is -0.475. The number of benzene rings is 2. The van der Waals surface area contributed by atoms with E-state index in [4.69, 9.17) is 11.6 Å². The highest BCUT2D eigenvalue weighted by atomic mass is 35.5. The quantitative estimate of drug-likeness (QED) is 0.499. The average Bonchev–Trinajstić information content (AvgIpc) is 2.92. The fraction of sp³-hybridized carbons (Fsp3) is 0.211. The molecule has 0 fully saturated rings. The number of nitrogens with zero attached hydrogens (tertiary/aromatic N) is 3. The number of aryl methyl sites for hydroxylation is 1. The van der Waals surface area contributed by atoms with E-state index in [2.05, 4.69) is 0 Å². The molecule has 0 aliphatic heterocycles. The van der Waals surface area contributed by atoms with Crippen LogP contribution in [0.1, 0.15) is 11.3 Å². The molecule has 0 aliphatic rings. The van der Waals surface area contributed by atoms with Gasteiger partial charge in [0.1, 0.15) is 6.54 Å². The lowest BCUT2D eigenvalue weighted by Crippen LogP contribution is -2.30. The maximum Gasteiger partial charge on any atom is 0.269 e. The van der Waals surface area contributed by atoms with E-state index >= 15 is 0 Å². The smallest absolute Gasteiger partial charge is 0.269 e. The molecule has 0 unspecified atom stereocenters. The van der Waals surface area contributed by atoms with E-state index in [-0.39, 0.29) is 24.7 Å². The van der Waals surface area contributed by atoms with Crippen LogP contribution in [0.25, 0.3) is 10.9 Å². The monoisotopic (exact) mass is 371 g/mol. The molecule has 0 bridgehead atoms. The lowest BCUT2D eigenvalue weighted by atomic mass is 10.2. The Kier molecular flexibility index (Phi) is 4.95. The van der Waals surface area contributed by atoms with Gasteiger partial charge in [0.05, 0.1) is 4.92 Å². The molecule has 3 aromatic rings. The van der Waals surface area contributed by atoms with Crippen molar-refractivity contribution in [1.29, 1.82) is 0 Å². The predicted molar refractivity (Wildman–Crippen MR) is 101 cm³/mol. The van der Waals surface area contributed by atoms with Gasteiger partial charge in [-0.15, -0.1) is 0 Å². The molecule has 0 saturated carbocycles. The molecule has 0 spiro atoms. The number of nitro benzene ring substituents is 1. The number of hydrogen-bond donors (Lipinski definition) is 0. The molecule has 0 radical (unpaired) electrons. The second kappa shape index (κ2) is 7.17. The number of carbonyl (C=O) groups is 1. The Morgan fingerprint density at radius 2 is 1.96 bits per heavy atom.